The molecule has 1 aromatic heterocycles. The molecule has 7 heteroatoms. The Kier molecular flexibility index (Phi) is 4.57. The number of nitrogens with zero attached hydrogens (tertiary/aromatic N) is 3. The second-order valence-electron chi connectivity index (χ2n) is 6.79. The first-order chi connectivity index (χ1) is 11.9. The summed E-state index contributed by atoms with van der Waals surface area (Å²) in [5.41, 5.74) is 2.97. The maximum absolute atomic E-state index is 12.7. The molecule has 0 fully saturated rings. The molecule has 1 aliphatic carbocycles. The first-order valence-electron chi connectivity index (χ1n) is 8.48. The summed E-state index contributed by atoms with van der Waals surface area (Å²) < 4.78 is 1.99. The molecule has 1 atom stereocenters. The molecule has 0 spiro atoms. The molecule has 0 radical (unpaired) electrons. The molecule has 1 amide bonds. The zero-order valence-electron chi connectivity index (χ0n) is 14.7. The molecule has 1 aliphatic rings. The summed E-state index contributed by atoms with van der Waals surface area (Å²) in [6, 6.07) is 4.89. The summed E-state index contributed by atoms with van der Waals surface area (Å²) in [6.07, 6.45) is 4.25. The fraction of sp³-hybridized carbons (Fsp3) is 0.444. The zero-order chi connectivity index (χ0) is 18.1. The van der Waals surface area contributed by atoms with Gasteiger partial charge in [0.05, 0.1) is 11.1 Å². The van der Waals surface area contributed by atoms with E-state index in [2.05, 4.69) is 24.3 Å². The molecule has 0 saturated carbocycles. The lowest BCUT2D eigenvalue weighted by molar-refractivity contribution is -0.385. The van der Waals surface area contributed by atoms with Crippen molar-refractivity contribution in [3.05, 3.63) is 56.9 Å². The Hall–Kier alpha value is -2.70. The summed E-state index contributed by atoms with van der Waals surface area (Å²) >= 11 is 0. The number of benzene rings is 1. The van der Waals surface area contributed by atoms with Gasteiger partial charge in [0.15, 0.2) is 0 Å². The average Bonchev–Trinajstić information content (AvgIpc) is 2.97. The van der Waals surface area contributed by atoms with Gasteiger partial charge in [-0.2, -0.15) is 5.10 Å². The van der Waals surface area contributed by atoms with Crippen molar-refractivity contribution in [2.24, 2.45) is 0 Å². The molecule has 1 heterocycles. The van der Waals surface area contributed by atoms with Crippen molar-refractivity contribution in [3.8, 4) is 0 Å². The van der Waals surface area contributed by atoms with Gasteiger partial charge in [-0.3, -0.25) is 19.6 Å². The highest BCUT2D eigenvalue weighted by Crippen LogP contribution is 2.25. The standard InChI is InChI=1S/C18H22N4O3/c1-11(2)21-16-9-14(8-7-13(16)10-19-21)20-18(23)17-12(3)5-4-6-15(17)22(24)25/h4-6,10-11,14H,7-9H2,1-3H3,(H,20,23)/t14-/m1/s1. The van der Waals surface area contributed by atoms with Gasteiger partial charge in [-0.15, -0.1) is 0 Å². The van der Waals surface area contributed by atoms with Crippen molar-refractivity contribution in [2.45, 2.75) is 52.1 Å². The number of amides is 1. The second kappa shape index (κ2) is 6.66. The summed E-state index contributed by atoms with van der Waals surface area (Å²) in [7, 11) is 0. The normalized spacial score (nSPS) is 16.6. The highest BCUT2D eigenvalue weighted by Gasteiger charge is 2.28. The van der Waals surface area contributed by atoms with Gasteiger partial charge in [0.1, 0.15) is 5.56 Å². The van der Waals surface area contributed by atoms with E-state index < -0.39 is 4.92 Å². The van der Waals surface area contributed by atoms with Gasteiger partial charge in [0, 0.05) is 30.3 Å². The van der Waals surface area contributed by atoms with Crippen LogP contribution in [-0.2, 0) is 12.8 Å². The quantitative estimate of drug-likeness (QED) is 0.683. The third kappa shape index (κ3) is 3.26. The first-order valence-corrected chi connectivity index (χ1v) is 8.48. The first kappa shape index (κ1) is 17.1. The maximum atomic E-state index is 12.7. The van der Waals surface area contributed by atoms with Gasteiger partial charge in [-0.05, 0) is 44.7 Å². The van der Waals surface area contributed by atoms with Crippen molar-refractivity contribution in [2.75, 3.05) is 0 Å². The fourth-order valence-electron chi connectivity index (χ4n) is 3.45. The predicted molar refractivity (Wildman–Crippen MR) is 93.7 cm³/mol. The number of carbonyl (C=O) groups is 1. The zero-order valence-corrected chi connectivity index (χ0v) is 14.7. The van der Waals surface area contributed by atoms with Gasteiger partial charge in [-0.25, -0.2) is 0 Å². The molecule has 0 bridgehead atoms. The van der Waals surface area contributed by atoms with Crippen LogP contribution in [0.1, 0.15) is 53.5 Å². The third-order valence-corrected chi connectivity index (χ3v) is 4.69. The number of hydrogen-bond donors (Lipinski definition) is 1. The van der Waals surface area contributed by atoms with Crippen LogP contribution in [0.3, 0.4) is 0 Å². The maximum Gasteiger partial charge on any atom is 0.282 e. The molecule has 2 aromatic rings. The van der Waals surface area contributed by atoms with Crippen molar-refractivity contribution < 1.29 is 9.72 Å². The number of carbonyl (C=O) groups excluding carboxylic acids is 1. The Balaban J connectivity index is 1.81. The highest BCUT2D eigenvalue weighted by atomic mass is 16.6. The number of rotatable bonds is 4. The third-order valence-electron chi connectivity index (χ3n) is 4.69. The van der Waals surface area contributed by atoms with Gasteiger partial charge < -0.3 is 5.32 Å². The minimum atomic E-state index is -0.505. The molecule has 0 unspecified atom stereocenters. The molecular formula is C18H22N4O3. The van der Waals surface area contributed by atoms with Crippen molar-refractivity contribution in [1.29, 1.82) is 0 Å². The van der Waals surface area contributed by atoms with E-state index in [4.69, 9.17) is 0 Å². The van der Waals surface area contributed by atoms with Crippen LogP contribution in [-0.4, -0.2) is 26.7 Å². The number of fused-ring (bicyclic) bond motifs is 1. The summed E-state index contributed by atoms with van der Waals surface area (Å²) in [4.78, 5) is 23.4. The number of hydrogen-bond acceptors (Lipinski definition) is 4. The van der Waals surface area contributed by atoms with Crippen molar-refractivity contribution >= 4 is 11.6 Å². The molecule has 25 heavy (non-hydrogen) atoms. The molecule has 1 N–H and O–H groups in total. The Morgan fingerprint density at radius 2 is 2.20 bits per heavy atom. The highest BCUT2D eigenvalue weighted by molar-refractivity contribution is 5.99. The topological polar surface area (TPSA) is 90.1 Å². The minimum absolute atomic E-state index is 0.0478. The number of aromatic nitrogens is 2. The van der Waals surface area contributed by atoms with Crippen molar-refractivity contribution in [1.82, 2.24) is 15.1 Å². The van der Waals surface area contributed by atoms with Crippen LogP contribution in [0, 0.1) is 17.0 Å². The number of aryl methyl sites for hydroxylation is 2. The lowest BCUT2D eigenvalue weighted by Crippen LogP contribution is -2.40. The van der Waals surface area contributed by atoms with E-state index in [0.717, 1.165) is 18.5 Å². The summed E-state index contributed by atoms with van der Waals surface area (Å²) in [5, 5.41) is 18.7. The SMILES string of the molecule is Cc1cccc([N+](=O)[O-])c1C(=O)N[C@@H]1CCc2cnn(C(C)C)c2C1. The predicted octanol–water partition coefficient (Wildman–Crippen LogP) is 2.97. The average molecular weight is 342 g/mol. The van der Waals surface area contributed by atoms with E-state index in [0.29, 0.717) is 12.0 Å². The van der Waals surface area contributed by atoms with E-state index in [1.165, 1.54) is 11.6 Å². The van der Waals surface area contributed by atoms with E-state index in [1.807, 2.05) is 10.9 Å². The van der Waals surface area contributed by atoms with E-state index >= 15 is 0 Å². The van der Waals surface area contributed by atoms with Crippen LogP contribution < -0.4 is 5.32 Å². The number of nitro benzene ring substituents is 1. The van der Waals surface area contributed by atoms with Gasteiger partial charge in [0.25, 0.3) is 11.6 Å². The Morgan fingerprint density at radius 1 is 1.44 bits per heavy atom. The minimum Gasteiger partial charge on any atom is -0.349 e. The second-order valence-corrected chi connectivity index (χ2v) is 6.79. The molecule has 1 aromatic carbocycles. The Labute approximate surface area is 146 Å². The molecule has 132 valence electrons. The van der Waals surface area contributed by atoms with Crippen molar-refractivity contribution in [3.63, 3.8) is 0 Å². The van der Waals surface area contributed by atoms with Crippen LogP contribution in [0.5, 0.6) is 0 Å². The van der Waals surface area contributed by atoms with Crippen LogP contribution in [0.4, 0.5) is 5.69 Å². The fourth-order valence-corrected chi connectivity index (χ4v) is 3.45. The Morgan fingerprint density at radius 3 is 2.88 bits per heavy atom. The number of nitrogens with one attached hydrogen (secondary N) is 1. The van der Waals surface area contributed by atoms with Crippen LogP contribution in [0.2, 0.25) is 0 Å². The van der Waals surface area contributed by atoms with E-state index in [-0.39, 0.29) is 29.2 Å². The van der Waals surface area contributed by atoms with Crippen LogP contribution in [0.25, 0.3) is 0 Å². The summed E-state index contributed by atoms with van der Waals surface area (Å²) in [6.45, 7) is 5.87. The molecule has 0 saturated heterocycles. The molecular weight excluding hydrogens is 320 g/mol. The lowest BCUT2D eigenvalue weighted by atomic mass is 9.92. The Bertz CT molecular complexity index is 826. The lowest BCUT2D eigenvalue weighted by Gasteiger charge is -2.25. The largest absolute Gasteiger partial charge is 0.349 e. The monoisotopic (exact) mass is 342 g/mol. The summed E-state index contributed by atoms with van der Waals surface area (Å²) in [5.74, 6) is -0.381. The van der Waals surface area contributed by atoms with E-state index in [9.17, 15) is 14.9 Å². The number of nitro groups is 1. The molecule has 3 rings (SSSR count). The van der Waals surface area contributed by atoms with Crippen LogP contribution >= 0.6 is 0 Å². The van der Waals surface area contributed by atoms with Gasteiger partial charge in [-0.1, -0.05) is 12.1 Å². The molecule has 7 nitrogen and oxygen atoms in total. The van der Waals surface area contributed by atoms with Crippen LogP contribution in [0.15, 0.2) is 24.4 Å². The smallest absolute Gasteiger partial charge is 0.282 e. The van der Waals surface area contributed by atoms with Gasteiger partial charge in [0.2, 0.25) is 0 Å². The van der Waals surface area contributed by atoms with Gasteiger partial charge >= 0.3 is 0 Å². The van der Waals surface area contributed by atoms with E-state index in [1.54, 1.807) is 19.1 Å². The molecule has 0 aliphatic heterocycles.